The van der Waals surface area contributed by atoms with Crippen molar-refractivity contribution < 1.29 is 9.13 Å². The molecule has 1 N–H and O–H groups in total. The number of fused-ring (bicyclic) bond motifs is 1. The molecule has 0 aliphatic rings. The number of thiazole rings is 1. The van der Waals surface area contributed by atoms with Crippen LogP contribution in [-0.2, 0) is 6.61 Å². The lowest BCUT2D eigenvalue weighted by molar-refractivity contribution is 0.300. The van der Waals surface area contributed by atoms with Gasteiger partial charge in [0.2, 0.25) is 5.13 Å². The zero-order valence-corrected chi connectivity index (χ0v) is 17.0. The van der Waals surface area contributed by atoms with E-state index in [2.05, 4.69) is 15.5 Å². The van der Waals surface area contributed by atoms with Crippen LogP contribution in [0.5, 0.6) is 5.75 Å². The average molecular weight is 405 g/mol. The molecule has 29 heavy (non-hydrogen) atoms. The third-order valence-corrected chi connectivity index (χ3v) is 5.63. The Hall–Kier alpha value is -3.25. The molecule has 0 saturated heterocycles. The molecule has 0 saturated carbocycles. The van der Waals surface area contributed by atoms with Crippen LogP contribution < -0.4 is 10.2 Å². The number of halogens is 1. The molecule has 0 aliphatic carbocycles. The first-order valence-electron chi connectivity index (χ1n) is 9.23. The van der Waals surface area contributed by atoms with Gasteiger partial charge in [0, 0.05) is 16.0 Å². The second-order valence-corrected chi connectivity index (χ2v) is 7.81. The van der Waals surface area contributed by atoms with E-state index in [1.54, 1.807) is 35.8 Å². The number of nitrogens with one attached hydrogen (secondary N) is 1. The van der Waals surface area contributed by atoms with E-state index in [1.165, 1.54) is 6.07 Å². The number of hydrogen-bond acceptors (Lipinski definition) is 5. The number of hydrogen-bond donors (Lipinski definition) is 1. The van der Waals surface area contributed by atoms with Gasteiger partial charge in [-0.1, -0.05) is 48.5 Å². The molecule has 4 nitrogen and oxygen atoms in total. The van der Waals surface area contributed by atoms with Gasteiger partial charge in [0.25, 0.3) is 0 Å². The van der Waals surface area contributed by atoms with Crippen LogP contribution in [0.1, 0.15) is 21.7 Å². The Labute approximate surface area is 172 Å². The highest BCUT2D eigenvalue weighted by molar-refractivity contribution is 7.15. The first-order chi connectivity index (χ1) is 14.1. The van der Waals surface area contributed by atoms with E-state index in [-0.39, 0.29) is 12.4 Å². The van der Waals surface area contributed by atoms with E-state index in [1.807, 2.05) is 50.2 Å². The van der Waals surface area contributed by atoms with Crippen LogP contribution in [-0.4, -0.2) is 11.2 Å². The molecule has 0 fully saturated rings. The molecule has 0 amide bonds. The van der Waals surface area contributed by atoms with Gasteiger partial charge in [-0.15, -0.1) is 11.3 Å². The number of hydrazone groups is 1. The van der Waals surface area contributed by atoms with Crippen molar-refractivity contribution in [3.63, 3.8) is 0 Å². The summed E-state index contributed by atoms with van der Waals surface area (Å²) in [6.07, 6.45) is 1.73. The summed E-state index contributed by atoms with van der Waals surface area (Å²) in [5, 5.41) is 7.20. The Morgan fingerprint density at radius 2 is 1.86 bits per heavy atom. The topological polar surface area (TPSA) is 46.5 Å². The van der Waals surface area contributed by atoms with Crippen LogP contribution in [0.25, 0.3) is 10.8 Å². The predicted molar refractivity (Wildman–Crippen MR) is 117 cm³/mol. The van der Waals surface area contributed by atoms with Crippen LogP contribution in [0.3, 0.4) is 0 Å². The van der Waals surface area contributed by atoms with Gasteiger partial charge in [0.1, 0.15) is 18.2 Å². The van der Waals surface area contributed by atoms with E-state index in [0.29, 0.717) is 11.3 Å². The molecule has 0 aliphatic heterocycles. The molecule has 146 valence electrons. The molecule has 0 spiro atoms. The number of rotatable bonds is 6. The molecule has 0 radical (unpaired) electrons. The highest BCUT2D eigenvalue weighted by Crippen LogP contribution is 2.28. The summed E-state index contributed by atoms with van der Waals surface area (Å²) in [6.45, 7) is 4.14. The van der Waals surface area contributed by atoms with Gasteiger partial charge >= 0.3 is 0 Å². The smallest absolute Gasteiger partial charge is 0.203 e. The molecular formula is C23H20FN3OS. The Balaban J connectivity index is 1.63. The van der Waals surface area contributed by atoms with Crippen LogP contribution in [0.2, 0.25) is 0 Å². The summed E-state index contributed by atoms with van der Waals surface area (Å²) >= 11 is 1.56. The highest BCUT2D eigenvalue weighted by Gasteiger charge is 2.09. The van der Waals surface area contributed by atoms with E-state index in [0.717, 1.165) is 32.0 Å². The zero-order valence-electron chi connectivity index (χ0n) is 16.1. The van der Waals surface area contributed by atoms with Gasteiger partial charge in [-0.3, -0.25) is 5.43 Å². The van der Waals surface area contributed by atoms with E-state index < -0.39 is 0 Å². The monoisotopic (exact) mass is 405 g/mol. The Morgan fingerprint density at radius 1 is 1.07 bits per heavy atom. The molecule has 0 atom stereocenters. The second-order valence-electron chi connectivity index (χ2n) is 6.61. The minimum atomic E-state index is -0.278. The van der Waals surface area contributed by atoms with Crippen LogP contribution in [0.15, 0.2) is 65.8 Å². The van der Waals surface area contributed by atoms with Crippen molar-refractivity contribution in [3.8, 4) is 5.75 Å². The van der Waals surface area contributed by atoms with Gasteiger partial charge in [-0.2, -0.15) is 5.10 Å². The third kappa shape index (κ3) is 4.27. The number of nitrogens with zero attached hydrogens (tertiary/aromatic N) is 2. The molecule has 4 rings (SSSR count). The van der Waals surface area contributed by atoms with Crippen molar-refractivity contribution in [3.05, 3.63) is 88.2 Å². The van der Waals surface area contributed by atoms with Crippen molar-refractivity contribution in [2.24, 2.45) is 5.10 Å². The molecule has 6 heteroatoms. The third-order valence-electron chi connectivity index (χ3n) is 4.65. The maximum Gasteiger partial charge on any atom is 0.203 e. The maximum atomic E-state index is 13.9. The highest BCUT2D eigenvalue weighted by atomic mass is 32.1. The quantitative estimate of drug-likeness (QED) is 0.312. The summed E-state index contributed by atoms with van der Waals surface area (Å²) in [5.74, 6) is 0.365. The number of anilines is 1. The minimum Gasteiger partial charge on any atom is -0.488 e. The number of benzene rings is 3. The maximum absolute atomic E-state index is 13.9. The van der Waals surface area contributed by atoms with Crippen molar-refractivity contribution in [2.75, 3.05) is 5.43 Å². The van der Waals surface area contributed by atoms with Crippen LogP contribution >= 0.6 is 11.3 Å². The molecule has 4 aromatic rings. The molecule has 1 heterocycles. The predicted octanol–water partition coefficient (Wildman–Crippen LogP) is 6.08. The SMILES string of the molecule is Cc1nc(N/N=C\c2c(OCc3ccccc3F)ccc3ccccc23)sc1C. The number of aryl methyl sites for hydroxylation is 2. The van der Waals surface area contributed by atoms with Crippen molar-refractivity contribution in [1.29, 1.82) is 0 Å². The fraction of sp³-hybridized carbons (Fsp3) is 0.130. The van der Waals surface area contributed by atoms with Gasteiger partial charge < -0.3 is 4.74 Å². The molecule has 3 aromatic carbocycles. The summed E-state index contributed by atoms with van der Waals surface area (Å²) in [5.41, 5.74) is 5.32. The van der Waals surface area contributed by atoms with Gasteiger partial charge in [-0.05, 0) is 36.8 Å². The summed E-state index contributed by atoms with van der Waals surface area (Å²) in [7, 11) is 0. The van der Waals surface area contributed by atoms with E-state index in [9.17, 15) is 4.39 Å². The summed E-state index contributed by atoms with van der Waals surface area (Å²) < 4.78 is 19.9. The minimum absolute atomic E-state index is 0.143. The van der Waals surface area contributed by atoms with Crippen LogP contribution in [0.4, 0.5) is 9.52 Å². The summed E-state index contributed by atoms with van der Waals surface area (Å²) in [4.78, 5) is 5.59. The molecule has 1 aromatic heterocycles. The Morgan fingerprint density at radius 3 is 2.66 bits per heavy atom. The second kappa shape index (κ2) is 8.41. The van der Waals surface area contributed by atoms with E-state index >= 15 is 0 Å². The zero-order chi connectivity index (χ0) is 20.2. The van der Waals surface area contributed by atoms with Crippen molar-refractivity contribution in [2.45, 2.75) is 20.5 Å². The fourth-order valence-corrected chi connectivity index (χ4v) is 3.74. The van der Waals surface area contributed by atoms with Gasteiger partial charge in [-0.25, -0.2) is 9.37 Å². The molecular weight excluding hydrogens is 385 g/mol. The summed E-state index contributed by atoms with van der Waals surface area (Å²) in [6, 6.07) is 18.5. The Kier molecular flexibility index (Phi) is 5.53. The van der Waals surface area contributed by atoms with Crippen molar-refractivity contribution in [1.82, 2.24) is 4.98 Å². The Bertz CT molecular complexity index is 1170. The first kappa shape index (κ1) is 19.1. The molecule has 0 bridgehead atoms. The lowest BCUT2D eigenvalue weighted by atomic mass is 10.0. The van der Waals surface area contributed by atoms with Gasteiger partial charge in [0.05, 0.1) is 11.9 Å². The standard InChI is InChI=1S/C23H20FN3OS/c1-15-16(2)29-23(26-15)27-25-13-20-19-9-5-3-7-17(19)11-12-22(20)28-14-18-8-4-6-10-21(18)24/h3-13H,14H2,1-2H3,(H,26,27)/b25-13-. The number of aromatic nitrogens is 1. The van der Waals surface area contributed by atoms with E-state index in [4.69, 9.17) is 4.74 Å². The fourth-order valence-electron chi connectivity index (χ4n) is 2.98. The first-order valence-corrected chi connectivity index (χ1v) is 10.0. The largest absolute Gasteiger partial charge is 0.488 e. The lowest BCUT2D eigenvalue weighted by Crippen LogP contribution is -2.01. The molecule has 0 unspecified atom stereocenters. The van der Waals surface area contributed by atoms with Gasteiger partial charge in [0.15, 0.2) is 0 Å². The van der Waals surface area contributed by atoms with Crippen molar-refractivity contribution >= 4 is 33.5 Å². The average Bonchev–Trinajstić information content (AvgIpc) is 3.05. The normalized spacial score (nSPS) is 11.3. The lowest BCUT2D eigenvalue weighted by Gasteiger charge is -2.12. The van der Waals surface area contributed by atoms with Crippen LogP contribution in [0, 0.1) is 19.7 Å². The number of ether oxygens (including phenoxy) is 1.